The largest absolute Gasteiger partial charge is 0.426 e. The van der Waals surface area contributed by atoms with E-state index in [4.69, 9.17) is 11.6 Å². The highest BCUT2D eigenvalue weighted by Gasteiger charge is 2.59. The van der Waals surface area contributed by atoms with Crippen LogP contribution in [0, 0.1) is 0 Å². The molecule has 1 amide bonds. The van der Waals surface area contributed by atoms with Crippen LogP contribution in [0.1, 0.15) is 5.56 Å². The third-order valence-electron chi connectivity index (χ3n) is 3.28. The zero-order valence-corrected chi connectivity index (χ0v) is 12.5. The molecule has 0 spiro atoms. The van der Waals surface area contributed by atoms with E-state index in [9.17, 15) is 23.1 Å². The lowest BCUT2D eigenvalue weighted by Gasteiger charge is -2.29. The second kappa shape index (κ2) is 6.60. The van der Waals surface area contributed by atoms with Gasteiger partial charge >= 0.3 is 6.18 Å². The molecule has 2 aromatic carbocycles. The molecule has 0 saturated carbocycles. The minimum Gasteiger partial charge on any atom is -0.372 e. The Kier molecular flexibility index (Phi) is 4.97. The monoisotopic (exact) mass is 343 g/mol. The first-order valence-electron chi connectivity index (χ1n) is 6.63. The van der Waals surface area contributed by atoms with Crippen LogP contribution in [-0.2, 0) is 11.2 Å². The number of benzene rings is 2. The Morgan fingerprint density at radius 2 is 1.61 bits per heavy atom. The Bertz CT molecular complexity index is 691. The summed E-state index contributed by atoms with van der Waals surface area (Å²) < 4.78 is 40.0. The smallest absolute Gasteiger partial charge is 0.372 e. The summed E-state index contributed by atoms with van der Waals surface area (Å²) in [7, 11) is 0. The molecule has 1 atom stereocenters. The van der Waals surface area contributed by atoms with E-state index in [1.54, 1.807) is 24.3 Å². The Hall–Kier alpha value is -2.05. The van der Waals surface area contributed by atoms with Crippen LogP contribution < -0.4 is 5.32 Å². The molecule has 0 bridgehead atoms. The van der Waals surface area contributed by atoms with Gasteiger partial charge < -0.3 is 10.4 Å². The molecule has 1 unspecified atom stereocenters. The van der Waals surface area contributed by atoms with E-state index >= 15 is 0 Å². The maximum Gasteiger partial charge on any atom is 0.426 e. The number of halogens is 4. The highest BCUT2D eigenvalue weighted by molar-refractivity contribution is 6.31. The minimum absolute atomic E-state index is 0.0252. The zero-order chi connectivity index (χ0) is 17.1. The lowest BCUT2D eigenvalue weighted by atomic mass is 9.92. The molecule has 2 aromatic rings. The SMILES string of the molecule is O=C(Nc1ccccc1)C(O)(Cc1ccccc1Cl)C(F)(F)F. The number of hydrogen-bond acceptors (Lipinski definition) is 2. The number of alkyl halides is 3. The summed E-state index contributed by atoms with van der Waals surface area (Å²) >= 11 is 5.84. The maximum atomic E-state index is 13.3. The normalized spacial score (nSPS) is 14.1. The number of carbonyl (C=O) groups is 1. The second-order valence-electron chi connectivity index (χ2n) is 4.95. The molecule has 0 aliphatic carbocycles. The lowest BCUT2D eigenvalue weighted by Crippen LogP contribution is -2.56. The summed E-state index contributed by atoms with van der Waals surface area (Å²) in [5, 5.41) is 12.2. The quantitative estimate of drug-likeness (QED) is 0.886. The summed E-state index contributed by atoms with van der Waals surface area (Å²) in [5.74, 6) is -1.56. The Morgan fingerprint density at radius 1 is 1.04 bits per heavy atom. The van der Waals surface area contributed by atoms with E-state index in [2.05, 4.69) is 5.32 Å². The van der Waals surface area contributed by atoms with Crippen molar-refractivity contribution in [2.45, 2.75) is 18.2 Å². The van der Waals surface area contributed by atoms with Gasteiger partial charge in [-0.25, -0.2) is 0 Å². The number of anilines is 1. The standard InChI is InChI=1S/C16H13ClF3NO2/c17-13-9-5-4-6-11(13)10-15(23,16(18,19)20)14(22)21-12-7-2-1-3-8-12/h1-9,23H,10H2,(H,21,22). The van der Waals surface area contributed by atoms with E-state index in [1.807, 2.05) is 0 Å². The molecular weight excluding hydrogens is 331 g/mol. The highest BCUT2D eigenvalue weighted by atomic mass is 35.5. The molecule has 2 N–H and O–H groups in total. The van der Waals surface area contributed by atoms with Gasteiger partial charge in [0.15, 0.2) is 0 Å². The summed E-state index contributed by atoms with van der Waals surface area (Å²) in [6, 6.07) is 13.3. The first kappa shape index (κ1) is 17.3. The van der Waals surface area contributed by atoms with Crippen molar-refractivity contribution in [3.8, 4) is 0 Å². The van der Waals surface area contributed by atoms with Crippen molar-refractivity contribution in [1.82, 2.24) is 0 Å². The first-order valence-corrected chi connectivity index (χ1v) is 7.01. The molecule has 0 heterocycles. The predicted molar refractivity (Wildman–Crippen MR) is 81.2 cm³/mol. The third kappa shape index (κ3) is 3.83. The number of amides is 1. The van der Waals surface area contributed by atoms with E-state index in [0.717, 1.165) is 0 Å². The second-order valence-corrected chi connectivity index (χ2v) is 5.35. The van der Waals surface area contributed by atoms with Gasteiger partial charge in [0.25, 0.3) is 5.91 Å². The van der Waals surface area contributed by atoms with Gasteiger partial charge in [0.2, 0.25) is 5.60 Å². The molecule has 0 fully saturated rings. The molecule has 0 radical (unpaired) electrons. The Balaban J connectivity index is 2.32. The van der Waals surface area contributed by atoms with E-state index < -0.39 is 24.1 Å². The van der Waals surface area contributed by atoms with Crippen molar-refractivity contribution in [2.75, 3.05) is 5.32 Å². The average Bonchev–Trinajstić information content (AvgIpc) is 2.49. The van der Waals surface area contributed by atoms with E-state index in [0.29, 0.717) is 0 Å². The fourth-order valence-corrected chi connectivity index (χ4v) is 2.19. The van der Waals surface area contributed by atoms with Crippen molar-refractivity contribution in [3.05, 3.63) is 65.2 Å². The summed E-state index contributed by atoms with van der Waals surface area (Å²) in [4.78, 5) is 12.1. The van der Waals surface area contributed by atoms with Gasteiger partial charge in [-0.05, 0) is 23.8 Å². The summed E-state index contributed by atoms with van der Waals surface area (Å²) in [6.07, 6.45) is -6.14. The molecule has 0 aliphatic rings. The zero-order valence-electron chi connectivity index (χ0n) is 11.8. The van der Waals surface area contributed by atoms with Gasteiger partial charge in [0, 0.05) is 17.1 Å². The fourth-order valence-electron chi connectivity index (χ4n) is 1.98. The molecule has 122 valence electrons. The van der Waals surface area contributed by atoms with Crippen molar-refractivity contribution in [3.63, 3.8) is 0 Å². The topological polar surface area (TPSA) is 49.3 Å². The van der Waals surface area contributed by atoms with Gasteiger partial charge in [-0.3, -0.25) is 4.79 Å². The van der Waals surface area contributed by atoms with Crippen LogP contribution in [0.3, 0.4) is 0 Å². The summed E-state index contributed by atoms with van der Waals surface area (Å²) in [5.41, 5.74) is -3.41. The van der Waals surface area contributed by atoms with E-state index in [1.165, 1.54) is 30.3 Å². The van der Waals surface area contributed by atoms with Crippen molar-refractivity contribution < 1.29 is 23.1 Å². The third-order valence-corrected chi connectivity index (χ3v) is 3.65. The predicted octanol–water partition coefficient (Wildman–Crippen LogP) is 3.81. The molecule has 0 aromatic heterocycles. The minimum atomic E-state index is -5.16. The van der Waals surface area contributed by atoms with Gasteiger partial charge in [0.1, 0.15) is 0 Å². The average molecular weight is 344 g/mol. The van der Waals surface area contributed by atoms with Gasteiger partial charge in [-0.1, -0.05) is 48.0 Å². The van der Waals surface area contributed by atoms with Gasteiger partial charge in [-0.2, -0.15) is 13.2 Å². The first-order chi connectivity index (χ1) is 10.7. The van der Waals surface area contributed by atoms with Crippen LogP contribution in [0.25, 0.3) is 0 Å². The van der Waals surface area contributed by atoms with Crippen molar-refractivity contribution in [2.24, 2.45) is 0 Å². The molecule has 7 heteroatoms. The lowest BCUT2D eigenvalue weighted by molar-refractivity contribution is -0.248. The van der Waals surface area contributed by atoms with E-state index in [-0.39, 0.29) is 16.3 Å². The number of nitrogens with one attached hydrogen (secondary N) is 1. The molecule has 0 saturated heterocycles. The number of para-hydroxylation sites is 1. The number of aliphatic hydroxyl groups is 1. The van der Waals surface area contributed by atoms with Crippen molar-refractivity contribution >= 4 is 23.2 Å². The van der Waals surface area contributed by atoms with Gasteiger partial charge in [-0.15, -0.1) is 0 Å². The summed E-state index contributed by atoms with van der Waals surface area (Å²) in [6.45, 7) is 0. The highest BCUT2D eigenvalue weighted by Crippen LogP contribution is 2.36. The van der Waals surface area contributed by atoms with Crippen LogP contribution in [0.15, 0.2) is 54.6 Å². The van der Waals surface area contributed by atoms with Crippen molar-refractivity contribution in [1.29, 1.82) is 0 Å². The molecule has 23 heavy (non-hydrogen) atoms. The Labute approximate surface area is 135 Å². The molecule has 3 nitrogen and oxygen atoms in total. The van der Waals surface area contributed by atoms with Crippen LogP contribution >= 0.6 is 11.6 Å². The Morgan fingerprint density at radius 3 is 2.17 bits per heavy atom. The van der Waals surface area contributed by atoms with Gasteiger partial charge in [0.05, 0.1) is 0 Å². The van der Waals surface area contributed by atoms with Crippen LogP contribution in [0.5, 0.6) is 0 Å². The molecule has 0 aliphatic heterocycles. The maximum absolute atomic E-state index is 13.3. The molecular formula is C16H13ClF3NO2. The van der Waals surface area contributed by atoms with Crippen LogP contribution in [0.4, 0.5) is 18.9 Å². The number of rotatable bonds is 4. The fraction of sp³-hybridized carbons (Fsp3) is 0.188. The van der Waals surface area contributed by atoms with Crippen LogP contribution in [0.2, 0.25) is 5.02 Å². The molecule has 2 rings (SSSR count). The van der Waals surface area contributed by atoms with Crippen LogP contribution in [-0.4, -0.2) is 22.8 Å². The number of carbonyl (C=O) groups excluding carboxylic acids is 1. The number of hydrogen-bond donors (Lipinski definition) is 2.